The molecule has 0 aliphatic carbocycles. The Morgan fingerprint density at radius 3 is 2.33 bits per heavy atom. The van der Waals surface area contributed by atoms with E-state index in [-0.39, 0.29) is 5.04 Å². The molecular formula is C26H29NO2Si. The Kier molecular flexibility index (Phi) is 6.05. The van der Waals surface area contributed by atoms with Crippen molar-refractivity contribution < 1.29 is 9.16 Å². The van der Waals surface area contributed by atoms with Crippen molar-refractivity contribution in [3.63, 3.8) is 0 Å². The second-order valence-corrected chi connectivity index (χ2v) is 13.6. The van der Waals surface area contributed by atoms with Gasteiger partial charge in [-0.05, 0) is 60.5 Å². The zero-order valence-electron chi connectivity index (χ0n) is 18.7. The topological polar surface area (TPSA) is 31.4 Å². The van der Waals surface area contributed by atoms with E-state index in [1.165, 1.54) is 0 Å². The molecule has 3 aromatic rings. The molecule has 4 heteroatoms. The minimum Gasteiger partial charge on any atom is -0.543 e. The van der Waals surface area contributed by atoms with E-state index in [0.717, 1.165) is 27.8 Å². The van der Waals surface area contributed by atoms with E-state index < -0.39 is 8.32 Å². The van der Waals surface area contributed by atoms with Crippen molar-refractivity contribution in [3.05, 3.63) is 78.0 Å². The number of fused-ring (bicyclic) bond motifs is 1. The van der Waals surface area contributed by atoms with Crippen LogP contribution < -0.4 is 4.74 Å². The highest BCUT2D eigenvalue weighted by atomic mass is 28.4. The molecule has 3 rings (SSSR count). The SMILES string of the molecule is C=C(O[Si](C)(C)C(C)(C)C)c1cc2cc(OC)ccc2nc1C#Cc1ccccc1. The van der Waals surface area contributed by atoms with Gasteiger partial charge in [-0.3, -0.25) is 0 Å². The van der Waals surface area contributed by atoms with E-state index in [1.54, 1.807) is 7.11 Å². The number of hydrogen-bond acceptors (Lipinski definition) is 3. The molecule has 154 valence electrons. The average molecular weight is 416 g/mol. The maximum absolute atomic E-state index is 6.49. The standard InChI is InChI=1S/C26H29NO2Si/c1-19(29-30(6,7)26(2,3)4)23-18-21-17-22(28-5)14-16-24(21)27-25(23)15-13-20-11-9-8-10-12-20/h8-12,14,16-18H,1H2,2-7H3. The second kappa shape index (κ2) is 8.37. The Morgan fingerprint density at radius 2 is 1.70 bits per heavy atom. The van der Waals surface area contributed by atoms with Crippen LogP contribution in [0.25, 0.3) is 16.7 Å². The van der Waals surface area contributed by atoms with Crippen LogP contribution in [0.5, 0.6) is 5.75 Å². The van der Waals surface area contributed by atoms with Crippen LogP contribution in [-0.4, -0.2) is 20.4 Å². The highest BCUT2D eigenvalue weighted by Crippen LogP contribution is 2.39. The minimum atomic E-state index is -2.05. The molecule has 2 aromatic carbocycles. The third-order valence-corrected chi connectivity index (χ3v) is 9.97. The maximum Gasteiger partial charge on any atom is 0.250 e. The Hall–Kier alpha value is -3.03. The highest BCUT2D eigenvalue weighted by Gasteiger charge is 2.39. The van der Waals surface area contributed by atoms with E-state index in [1.807, 2.05) is 48.5 Å². The zero-order valence-corrected chi connectivity index (χ0v) is 19.7. The number of methoxy groups -OCH3 is 1. The van der Waals surface area contributed by atoms with E-state index in [9.17, 15) is 0 Å². The maximum atomic E-state index is 6.49. The first kappa shape index (κ1) is 21.7. The lowest BCUT2D eigenvalue weighted by Crippen LogP contribution is -2.40. The van der Waals surface area contributed by atoms with Crippen LogP contribution in [0.2, 0.25) is 18.1 Å². The molecule has 0 saturated carbocycles. The predicted molar refractivity (Wildman–Crippen MR) is 128 cm³/mol. The molecule has 0 fully saturated rings. The van der Waals surface area contributed by atoms with Crippen LogP contribution >= 0.6 is 0 Å². The lowest BCUT2D eigenvalue weighted by molar-refractivity contribution is 0.415. The minimum absolute atomic E-state index is 0.0688. The Morgan fingerprint density at radius 1 is 1.00 bits per heavy atom. The molecular weight excluding hydrogens is 386 g/mol. The van der Waals surface area contributed by atoms with E-state index in [4.69, 9.17) is 14.1 Å². The van der Waals surface area contributed by atoms with Crippen molar-refractivity contribution in [3.8, 4) is 17.6 Å². The van der Waals surface area contributed by atoms with Gasteiger partial charge in [-0.15, -0.1) is 0 Å². The first-order chi connectivity index (χ1) is 14.1. The Bertz CT molecular complexity index is 1130. The van der Waals surface area contributed by atoms with E-state index >= 15 is 0 Å². The summed E-state index contributed by atoms with van der Waals surface area (Å²) in [6.45, 7) is 15.3. The summed E-state index contributed by atoms with van der Waals surface area (Å²) in [6.07, 6.45) is 0. The average Bonchev–Trinajstić information content (AvgIpc) is 2.70. The first-order valence-electron chi connectivity index (χ1n) is 10.0. The molecule has 0 saturated heterocycles. The zero-order chi connectivity index (χ0) is 21.9. The van der Waals surface area contributed by atoms with Crippen molar-refractivity contribution >= 4 is 25.0 Å². The number of rotatable bonds is 4. The van der Waals surface area contributed by atoms with Crippen LogP contribution in [0.4, 0.5) is 0 Å². The van der Waals surface area contributed by atoms with Gasteiger partial charge in [-0.1, -0.05) is 51.5 Å². The number of benzene rings is 2. The van der Waals surface area contributed by atoms with Gasteiger partial charge in [-0.2, -0.15) is 0 Å². The summed E-state index contributed by atoms with van der Waals surface area (Å²) in [5.74, 6) is 7.86. The summed E-state index contributed by atoms with van der Waals surface area (Å²) in [6, 6.07) is 17.8. The molecule has 3 nitrogen and oxygen atoms in total. The van der Waals surface area contributed by atoms with Gasteiger partial charge in [-0.25, -0.2) is 4.98 Å². The fourth-order valence-corrected chi connectivity index (χ4v) is 3.79. The van der Waals surface area contributed by atoms with Crippen LogP contribution in [0, 0.1) is 11.8 Å². The first-order valence-corrected chi connectivity index (χ1v) is 13.0. The quantitative estimate of drug-likeness (QED) is 0.272. The number of ether oxygens (including phenoxy) is 1. The van der Waals surface area contributed by atoms with Gasteiger partial charge in [0.15, 0.2) is 0 Å². The fourth-order valence-electron chi connectivity index (χ4n) is 2.76. The Balaban J connectivity index is 2.11. The van der Waals surface area contributed by atoms with Crippen LogP contribution in [0.3, 0.4) is 0 Å². The van der Waals surface area contributed by atoms with Gasteiger partial charge in [0.25, 0.3) is 0 Å². The lowest BCUT2D eigenvalue weighted by atomic mass is 10.1. The van der Waals surface area contributed by atoms with Gasteiger partial charge >= 0.3 is 0 Å². The number of pyridine rings is 1. The number of aromatic nitrogens is 1. The van der Waals surface area contributed by atoms with Crippen LogP contribution in [0.1, 0.15) is 37.6 Å². The summed E-state index contributed by atoms with van der Waals surface area (Å²) in [5, 5.41) is 1.04. The summed E-state index contributed by atoms with van der Waals surface area (Å²) < 4.78 is 11.9. The number of nitrogens with zero attached hydrogens (tertiary/aromatic N) is 1. The van der Waals surface area contributed by atoms with Gasteiger partial charge in [0, 0.05) is 16.5 Å². The van der Waals surface area contributed by atoms with E-state index in [0.29, 0.717) is 11.5 Å². The van der Waals surface area contributed by atoms with Gasteiger partial charge < -0.3 is 9.16 Å². The summed E-state index contributed by atoms with van der Waals surface area (Å²) in [5.41, 5.74) is 3.29. The predicted octanol–water partition coefficient (Wildman–Crippen LogP) is 6.64. The third kappa shape index (κ3) is 4.75. The van der Waals surface area contributed by atoms with Crippen molar-refractivity contribution in [2.45, 2.75) is 38.9 Å². The third-order valence-electron chi connectivity index (χ3n) is 5.61. The molecule has 0 bridgehead atoms. The smallest absolute Gasteiger partial charge is 0.250 e. The fraction of sp³-hybridized carbons (Fsp3) is 0.269. The monoisotopic (exact) mass is 415 g/mol. The molecule has 0 radical (unpaired) electrons. The Labute approximate surface area is 180 Å². The summed E-state index contributed by atoms with van der Waals surface area (Å²) >= 11 is 0. The van der Waals surface area contributed by atoms with Gasteiger partial charge in [0.05, 0.1) is 12.6 Å². The molecule has 0 unspecified atom stereocenters. The molecule has 1 aromatic heterocycles. The molecule has 0 atom stereocenters. The van der Waals surface area contributed by atoms with Gasteiger partial charge in [0.2, 0.25) is 8.32 Å². The summed E-state index contributed by atoms with van der Waals surface area (Å²) in [4.78, 5) is 4.82. The largest absolute Gasteiger partial charge is 0.543 e. The molecule has 0 amide bonds. The van der Waals surface area contributed by atoms with Crippen LogP contribution in [0.15, 0.2) is 61.2 Å². The normalized spacial score (nSPS) is 11.5. The van der Waals surface area contributed by atoms with Gasteiger partial charge in [0.1, 0.15) is 17.2 Å². The van der Waals surface area contributed by atoms with Crippen molar-refractivity contribution in [1.82, 2.24) is 4.98 Å². The molecule has 0 N–H and O–H groups in total. The molecule has 1 heterocycles. The van der Waals surface area contributed by atoms with Crippen molar-refractivity contribution in [2.75, 3.05) is 7.11 Å². The lowest BCUT2D eigenvalue weighted by Gasteiger charge is -2.37. The van der Waals surface area contributed by atoms with Crippen molar-refractivity contribution in [2.24, 2.45) is 0 Å². The number of hydrogen-bond donors (Lipinski definition) is 0. The summed E-state index contributed by atoms with van der Waals surface area (Å²) in [7, 11) is -0.385. The van der Waals surface area contributed by atoms with E-state index in [2.05, 4.69) is 58.4 Å². The van der Waals surface area contributed by atoms with Crippen LogP contribution in [-0.2, 0) is 4.43 Å². The van der Waals surface area contributed by atoms with Crippen molar-refractivity contribution in [1.29, 1.82) is 0 Å². The molecule has 0 aliphatic heterocycles. The highest BCUT2D eigenvalue weighted by molar-refractivity contribution is 6.74. The molecule has 0 aliphatic rings. The molecule has 0 spiro atoms. The molecule has 30 heavy (non-hydrogen) atoms. The second-order valence-electron chi connectivity index (χ2n) is 8.84.